The molecule has 0 bridgehead atoms. The Balaban J connectivity index is 2.06. The Hall–Kier alpha value is -2.24. The first-order chi connectivity index (χ1) is 14.8. The molecule has 7 heteroatoms. The van der Waals surface area contributed by atoms with Gasteiger partial charge in [0.15, 0.2) is 0 Å². The summed E-state index contributed by atoms with van der Waals surface area (Å²) in [6, 6.07) is 12.5. The van der Waals surface area contributed by atoms with E-state index in [0.29, 0.717) is 36.0 Å². The molecule has 2 amide bonds. The van der Waals surface area contributed by atoms with Crippen LogP contribution in [0.25, 0.3) is 0 Å². The fourth-order valence-corrected chi connectivity index (χ4v) is 3.56. The monoisotopic (exact) mass is 464 g/mol. The predicted octanol–water partition coefficient (Wildman–Crippen LogP) is 5.40. The third-order valence-corrected chi connectivity index (χ3v) is 5.64. The molecular formula is C24H30Cl2N2O3. The maximum atomic E-state index is 13.1. The normalized spacial score (nSPS) is 11.6. The van der Waals surface area contributed by atoms with Crippen molar-refractivity contribution in [3.8, 4) is 5.75 Å². The summed E-state index contributed by atoms with van der Waals surface area (Å²) < 4.78 is 5.73. The SMILES string of the molecule is CCNC(=O)[C@H](CC)N(Cc1ccc(Cl)c(Cl)c1)C(=O)CCCOc1ccc(C)cc1. The van der Waals surface area contributed by atoms with Gasteiger partial charge in [-0.3, -0.25) is 9.59 Å². The number of carbonyl (C=O) groups is 2. The van der Waals surface area contributed by atoms with Gasteiger partial charge >= 0.3 is 0 Å². The van der Waals surface area contributed by atoms with Crippen molar-refractivity contribution in [2.45, 2.75) is 52.6 Å². The van der Waals surface area contributed by atoms with Gasteiger partial charge in [-0.1, -0.05) is 53.9 Å². The predicted molar refractivity (Wildman–Crippen MR) is 126 cm³/mol. The van der Waals surface area contributed by atoms with Gasteiger partial charge in [0.2, 0.25) is 11.8 Å². The van der Waals surface area contributed by atoms with Gasteiger partial charge in [-0.25, -0.2) is 0 Å². The number of benzene rings is 2. The zero-order chi connectivity index (χ0) is 22.8. The second-order valence-electron chi connectivity index (χ2n) is 7.35. The number of rotatable bonds is 11. The minimum atomic E-state index is -0.556. The van der Waals surface area contributed by atoms with E-state index in [4.69, 9.17) is 27.9 Å². The lowest BCUT2D eigenvalue weighted by molar-refractivity contribution is -0.141. The molecule has 0 aliphatic carbocycles. The average molecular weight is 465 g/mol. The smallest absolute Gasteiger partial charge is 0.242 e. The molecule has 31 heavy (non-hydrogen) atoms. The van der Waals surface area contributed by atoms with E-state index >= 15 is 0 Å². The second-order valence-corrected chi connectivity index (χ2v) is 8.17. The van der Waals surface area contributed by atoms with Crippen LogP contribution in [0.3, 0.4) is 0 Å². The van der Waals surface area contributed by atoms with E-state index in [1.807, 2.05) is 51.1 Å². The van der Waals surface area contributed by atoms with E-state index < -0.39 is 6.04 Å². The van der Waals surface area contributed by atoms with E-state index in [2.05, 4.69) is 5.32 Å². The number of ether oxygens (including phenoxy) is 1. The topological polar surface area (TPSA) is 58.6 Å². The van der Waals surface area contributed by atoms with Crippen LogP contribution in [0.5, 0.6) is 5.75 Å². The van der Waals surface area contributed by atoms with Crippen LogP contribution >= 0.6 is 23.2 Å². The number of aryl methyl sites for hydroxylation is 1. The molecule has 2 rings (SSSR count). The summed E-state index contributed by atoms with van der Waals surface area (Å²) in [6.07, 6.45) is 1.35. The molecule has 5 nitrogen and oxygen atoms in total. The summed E-state index contributed by atoms with van der Waals surface area (Å²) in [6.45, 7) is 6.99. The largest absolute Gasteiger partial charge is 0.494 e. The number of nitrogens with one attached hydrogen (secondary N) is 1. The fourth-order valence-electron chi connectivity index (χ4n) is 3.24. The van der Waals surface area contributed by atoms with E-state index in [1.54, 1.807) is 17.0 Å². The van der Waals surface area contributed by atoms with E-state index in [1.165, 1.54) is 0 Å². The van der Waals surface area contributed by atoms with Gasteiger partial charge in [0.1, 0.15) is 11.8 Å². The van der Waals surface area contributed by atoms with Crippen LogP contribution in [0, 0.1) is 6.92 Å². The standard InChI is InChI=1S/C24H30Cl2N2O3/c1-4-22(24(30)27-5-2)28(16-18-10-13-20(25)21(26)15-18)23(29)7-6-14-31-19-11-8-17(3)9-12-19/h8-13,15,22H,4-7,14,16H2,1-3H3,(H,27,30)/t22-/m0/s1. The Labute approximate surface area is 194 Å². The van der Waals surface area contributed by atoms with Crippen molar-refractivity contribution in [1.29, 1.82) is 0 Å². The van der Waals surface area contributed by atoms with Crippen LogP contribution in [0.15, 0.2) is 42.5 Å². The first kappa shape index (κ1) is 25.0. The Kier molecular flexibility index (Phi) is 10.2. The maximum absolute atomic E-state index is 13.1. The van der Waals surface area contributed by atoms with E-state index in [9.17, 15) is 9.59 Å². The quantitative estimate of drug-likeness (QED) is 0.452. The Morgan fingerprint density at radius 3 is 2.39 bits per heavy atom. The van der Waals surface area contributed by atoms with Crippen molar-refractivity contribution in [1.82, 2.24) is 10.2 Å². The van der Waals surface area contributed by atoms with Gasteiger partial charge < -0.3 is 15.0 Å². The molecule has 1 N–H and O–H groups in total. The summed E-state index contributed by atoms with van der Waals surface area (Å²) in [5.74, 6) is 0.519. The number of hydrogen-bond donors (Lipinski definition) is 1. The second kappa shape index (κ2) is 12.6. The summed E-state index contributed by atoms with van der Waals surface area (Å²) in [7, 11) is 0. The minimum Gasteiger partial charge on any atom is -0.494 e. The van der Waals surface area contributed by atoms with E-state index in [0.717, 1.165) is 16.9 Å². The molecule has 0 aliphatic rings. The highest BCUT2D eigenvalue weighted by molar-refractivity contribution is 6.42. The van der Waals surface area contributed by atoms with Gasteiger partial charge in [0, 0.05) is 19.5 Å². The van der Waals surface area contributed by atoms with Gasteiger partial charge in [-0.15, -0.1) is 0 Å². The Morgan fingerprint density at radius 1 is 1.06 bits per heavy atom. The number of amides is 2. The summed E-state index contributed by atoms with van der Waals surface area (Å²) >= 11 is 12.2. The van der Waals surface area contributed by atoms with Crippen LogP contribution < -0.4 is 10.1 Å². The molecule has 0 spiro atoms. The number of nitrogens with zero attached hydrogens (tertiary/aromatic N) is 1. The van der Waals surface area contributed by atoms with Gasteiger partial charge in [0.05, 0.1) is 16.7 Å². The van der Waals surface area contributed by atoms with Gasteiger partial charge in [-0.05, 0) is 56.5 Å². The average Bonchev–Trinajstić information content (AvgIpc) is 2.75. The lowest BCUT2D eigenvalue weighted by Crippen LogP contribution is -2.49. The zero-order valence-corrected chi connectivity index (χ0v) is 19.8. The van der Waals surface area contributed by atoms with Crippen LogP contribution in [-0.4, -0.2) is 35.9 Å². The molecule has 0 radical (unpaired) electrons. The Bertz CT molecular complexity index is 872. The molecule has 0 saturated carbocycles. The van der Waals surface area contributed by atoms with Crippen molar-refractivity contribution in [2.24, 2.45) is 0 Å². The third-order valence-electron chi connectivity index (χ3n) is 4.90. The third kappa shape index (κ3) is 7.75. The lowest BCUT2D eigenvalue weighted by Gasteiger charge is -2.30. The highest BCUT2D eigenvalue weighted by Crippen LogP contribution is 2.24. The number of halogens is 2. The number of likely N-dealkylation sites (N-methyl/N-ethyl adjacent to an activating group) is 1. The molecule has 0 aromatic heterocycles. The molecule has 2 aromatic carbocycles. The molecular weight excluding hydrogens is 435 g/mol. The van der Waals surface area contributed by atoms with Gasteiger partial charge in [-0.2, -0.15) is 0 Å². The summed E-state index contributed by atoms with van der Waals surface area (Å²) in [5.41, 5.74) is 1.98. The van der Waals surface area contributed by atoms with Crippen molar-refractivity contribution >= 4 is 35.0 Å². The first-order valence-corrected chi connectivity index (χ1v) is 11.3. The molecule has 0 aliphatic heterocycles. The first-order valence-electron chi connectivity index (χ1n) is 10.6. The molecule has 2 aromatic rings. The fraction of sp³-hybridized carbons (Fsp3) is 0.417. The zero-order valence-electron chi connectivity index (χ0n) is 18.3. The van der Waals surface area contributed by atoms with Gasteiger partial charge in [0.25, 0.3) is 0 Å². The molecule has 168 valence electrons. The van der Waals surface area contributed by atoms with Crippen LogP contribution in [0.2, 0.25) is 10.0 Å². The van der Waals surface area contributed by atoms with Crippen molar-refractivity contribution < 1.29 is 14.3 Å². The highest BCUT2D eigenvalue weighted by atomic mass is 35.5. The molecule has 0 unspecified atom stereocenters. The summed E-state index contributed by atoms with van der Waals surface area (Å²) in [5, 5.41) is 3.70. The number of hydrogen-bond acceptors (Lipinski definition) is 3. The molecule has 0 heterocycles. The maximum Gasteiger partial charge on any atom is 0.242 e. The molecule has 0 fully saturated rings. The van der Waals surface area contributed by atoms with Crippen molar-refractivity contribution in [2.75, 3.05) is 13.2 Å². The Morgan fingerprint density at radius 2 is 1.77 bits per heavy atom. The highest BCUT2D eigenvalue weighted by Gasteiger charge is 2.28. The number of carbonyl (C=O) groups excluding carboxylic acids is 2. The lowest BCUT2D eigenvalue weighted by atomic mass is 10.1. The summed E-state index contributed by atoms with van der Waals surface area (Å²) in [4.78, 5) is 27.3. The van der Waals surface area contributed by atoms with Crippen LogP contribution in [0.1, 0.15) is 44.2 Å². The molecule has 1 atom stereocenters. The van der Waals surface area contributed by atoms with Crippen molar-refractivity contribution in [3.63, 3.8) is 0 Å². The molecule has 0 saturated heterocycles. The minimum absolute atomic E-state index is 0.100. The van der Waals surface area contributed by atoms with Crippen molar-refractivity contribution in [3.05, 3.63) is 63.6 Å². The van der Waals surface area contributed by atoms with Crippen LogP contribution in [0.4, 0.5) is 0 Å². The van der Waals surface area contributed by atoms with Crippen LogP contribution in [-0.2, 0) is 16.1 Å². The van der Waals surface area contributed by atoms with E-state index in [-0.39, 0.29) is 24.8 Å².